The van der Waals surface area contributed by atoms with Crippen LogP contribution in [-0.4, -0.2) is 18.4 Å². The number of hydrogen-bond acceptors (Lipinski definition) is 3. The van der Waals surface area contributed by atoms with Crippen LogP contribution in [0.25, 0.3) is 11.0 Å². The largest absolute Gasteiger partial charge is 0.323 e. The van der Waals surface area contributed by atoms with E-state index in [1.165, 1.54) is 12.1 Å². The molecular weight excluding hydrogens is 326 g/mol. The van der Waals surface area contributed by atoms with Gasteiger partial charge in [0.2, 0.25) is 0 Å². The van der Waals surface area contributed by atoms with Gasteiger partial charge < -0.3 is 9.97 Å². The number of imidazole rings is 1. The molecule has 1 aromatic heterocycles. The summed E-state index contributed by atoms with van der Waals surface area (Å²) in [5.41, 5.74) is 3.12. The highest BCUT2D eigenvalue weighted by Crippen LogP contribution is 2.25. The third-order valence-corrected chi connectivity index (χ3v) is 5.33. The fourth-order valence-corrected chi connectivity index (χ4v) is 3.64. The minimum Gasteiger partial charge on any atom is -0.306 e. The van der Waals surface area contributed by atoms with Gasteiger partial charge >= 0.3 is 5.69 Å². The Balaban J connectivity index is 2.01. The fraction of sp³-hybridized carbons (Fsp3) is 0.235. The van der Waals surface area contributed by atoms with Gasteiger partial charge in [-0.1, -0.05) is 26.0 Å². The summed E-state index contributed by atoms with van der Waals surface area (Å²) in [6.45, 7) is 5.97. The lowest BCUT2D eigenvalue weighted by Gasteiger charge is -2.14. The predicted octanol–water partition coefficient (Wildman–Crippen LogP) is 3.09. The average Bonchev–Trinajstić information content (AvgIpc) is 2.88. The van der Waals surface area contributed by atoms with Gasteiger partial charge in [0.15, 0.2) is 0 Å². The smallest absolute Gasteiger partial charge is 0.306 e. The van der Waals surface area contributed by atoms with Crippen LogP contribution in [0.2, 0.25) is 0 Å². The number of aromatic nitrogens is 2. The molecule has 3 N–H and O–H groups in total. The van der Waals surface area contributed by atoms with Crippen LogP contribution in [0.5, 0.6) is 0 Å². The van der Waals surface area contributed by atoms with Crippen LogP contribution in [0.3, 0.4) is 0 Å². The van der Waals surface area contributed by atoms with Crippen molar-refractivity contribution in [2.45, 2.75) is 31.6 Å². The minimum absolute atomic E-state index is 0.0969. The number of anilines is 1. The molecule has 0 aliphatic rings. The summed E-state index contributed by atoms with van der Waals surface area (Å²) in [5, 5.41) is 0. The fourth-order valence-electron chi connectivity index (χ4n) is 2.49. The lowest BCUT2D eigenvalue weighted by atomic mass is 10.0. The number of H-pyrrole nitrogens is 2. The topological polar surface area (TPSA) is 94.8 Å². The van der Waals surface area contributed by atoms with Gasteiger partial charge in [0.05, 0.1) is 21.6 Å². The van der Waals surface area contributed by atoms with Crippen LogP contribution in [0.4, 0.5) is 5.69 Å². The van der Waals surface area contributed by atoms with Crippen molar-refractivity contribution >= 4 is 26.7 Å². The van der Waals surface area contributed by atoms with Crippen molar-refractivity contribution in [3.8, 4) is 0 Å². The van der Waals surface area contributed by atoms with Gasteiger partial charge in [-0.15, -0.1) is 0 Å². The molecule has 0 atom stereocenters. The van der Waals surface area contributed by atoms with E-state index in [0.717, 1.165) is 11.1 Å². The van der Waals surface area contributed by atoms with E-state index in [1.807, 2.05) is 25.1 Å². The van der Waals surface area contributed by atoms with Crippen molar-refractivity contribution < 1.29 is 8.42 Å². The first kappa shape index (κ1) is 16.3. The van der Waals surface area contributed by atoms with Crippen LogP contribution in [0.1, 0.15) is 30.9 Å². The van der Waals surface area contributed by atoms with Gasteiger partial charge in [-0.25, -0.2) is 13.2 Å². The third-order valence-electron chi connectivity index (χ3n) is 3.97. The van der Waals surface area contributed by atoms with Crippen molar-refractivity contribution in [3.05, 3.63) is 58.0 Å². The van der Waals surface area contributed by atoms with E-state index in [4.69, 9.17) is 0 Å². The maximum absolute atomic E-state index is 12.7. The first-order chi connectivity index (χ1) is 11.3. The van der Waals surface area contributed by atoms with Crippen LogP contribution >= 0.6 is 0 Å². The first-order valence-electron chi connectivity index (χ1n) is 7.62. The Morgan fingerprint density at radius 3 is 2.42 bits per heavy atom. The molecule has 0 bridgehead atoms. The molecule has 0 spiro atoms. The van der Waals surface area contributed by atoms with Crippen LogP contribution in [-0.2, 0) is 10.0 Å². The maximum Gasteiger partial charge on any atom is 0.323 e. The highest BCUT2D eigenvalue weighted by molar-refractivity contribution is 7.92. The second-order valence-electron chi connectivity index (χ2n) is 6.12. The monoisotopic (exact) mass is 345 g/mol. The molecule has 0 radical (unpaired) electrons. The summed E-state index contributed by atoms with van der Waals surface area (Å²) >= 11 is 0. The molecule has 6 nitrogen and oxygen atoms in total. The van der Waals surface area contributed by atoms with E-state index in [0.29, 0.717) is 22.6 Å². The number of fused-ring (bicyclic) bond motifs is 1. The Morgan fingerprint density at radius 1 is 1.00 bits per heavy atom. The van der Waals surface area contributed by atoms with Gasteiger partial charge in [0.1, 0.15) is 0 Å². The molecule has 24 heavy (non-hydrogen) atoms. The van der Waals surface area contributed by atoms with Gasteiger partial charge in [0.25, 0.3) is 10.0 Å². The highest BCUT2D eigenvalue weighted by atomic mass is 32.2. The minimum atomic E-state index is -3.75. The number of nitrogens with one attached hydrogen (secondary N) is 3. The van der Waals surface area contributed by atoms with Crippen molar-refractivity contribution in [1.29, 1.82) is 0 Å². The third kappa shape index (κ3) is 3.07. The molecule has 0 unspecified atom stereocenters. The molecule has 0 saturated carbocycles. The normalized spacial score (nSPS) is 12.0. The summed E-state index contributed by atoms with van der Waals surface area (Å²) in [6.07, 6.45) is 0. The number of hydrogen-bond donors (Lipinski definition) is 3. The Kier molecular flexibility index (Phi) is 3.96. The molecule has 3 aromatic rings. The summed E-state index contributed by atoms with van der Waals surface area (Å²) in [4.78, 5) is 16.6. The zero-order valence-corrected chi connectivity index (χ0v) is 14.5. The quantitative estimate of drug-likeness (QED) is 0.678. The standard InChI is InChI=1S/C17H19N3O3S/c1-10(2)12-5-4-11(3)15(8-12)20-24(22,23)13-6-7-14-16(9-13)19-17(21)18-14/h4-10,20H,1-3H3,(H2,18,19,21). The number of aryl methyl sites for hydroxylation is 1. The molecule has 1 heterocycles. The molecule has 0 amide bonds. The SMILES string of the molecule is Cc1ccc(C(C)C)cc1NS(=O)(=O)c1ccc2[nH]c(=O)[nH]c2c1. The maximum atomic E-state index is 12.7. The summed E-state index contributed by atoms with van der Waals surface area (Å²) in [5.74, 6) is 0.301. The van der Waals surface area contributed by atoms with E-state index in [-0.39, 0.29) is 10.6 Å². The van der Waals surface area contributed by atoms with Gasteiger partial charge in [0, 0.05) is 0 Å². The van der Waals surface area contributed by atoms with Crippen molar-refractivity contribution in [2.75, 3.05) is 4.72 Å². The zero-order valence-electron chi connectivity index (χ0n) is 13.7. The number of benzene rings is 2. The zero-order chi connectivity index (χ0) is 17.5. The average molecular weight is 345 g/mol. The second kappa shape index (κ2) is 5.83. The van der Waals surface area contributed by atoms with E-state index >= 15 is 0 Å². The van der Waals surface area contributed by atoms with E-state index in [9.17, 15) is 13.2 Å². The number of aromatic amines is 2. The lowest BCUT2D eigenvalue weighted by Crippen LogP contribution is -2.14. The second-order valence-corrected chi connectivity index (χ2v) is 7.80. The molecule has 2 aromatic carbocycles. The molecule has 0 aliphatic carbocycles. The van der Waals surface area contributed by atoms with Crippen LogP contribution < -0.4 is 10.4 Å². The Morgan fingerprint density at radius 2 is 1.71 bits per heavy atom. The van der Waals surface area contributed by atoms with E-state index in [1.54, 1.807) is 6.07 Å². The Bertz CT molecular complexity index is 1060. The molecule has 7 heteroatoms. The first-order valence-corrected chi connectivity index (χ1v) is 9.10. The molecule has 0 aliphatic heterocycles. The van der Waals surface area contributed by atoms with Crippen LogP contribution in [0.15, 0.2) is 46.1 Å². The van der Waals surface area contributed by atoms with Crippen molar-refractivity contribution in [2.24, 2.45) is 0 Å². The van der Waals surface area contributed by atoms with Gasteiger partial charge in [-0.3, -0.25) is 4.72 Å². The Labute approximate surface area is 140 Å². The molecule has 126 valence electrons. The van der Waals surface area contributed by atoms with Crippen molar-refractivity contribution in [3.63, 3.8) is 0 Å². The van der Waals surface area contributed by atoms with Gasteiger partial charge in [-0.05, 0) is 48.2 Å². The number of sulfonamides is 1. The lowest BCUT2D eigenvalue weighted by molar-refractivity contribution is 0.601. The van der Waals surface area contributed by atoms with E-state index in [2.05, 4.69) is 28.5 Å². The van der Waals surface area contributed by atoms with Crippen LogP contribution in [0, 0.1) is 6.92 Å². The molecule has 0 fully saturated rings. The highest BCUT2D eigenvalue weighted by Gasteiger charge is 2.17. The predicted molar refractivity (Wildman–Crippen MR) is 95.0 cm³/mol. The summed E-state index contributed by atoms with van der Waals surface area (Å²) in [6, 6.07) is 10.2. The van der Waals surface area contributed by atoms with Gasteiger partial charge in [-0.2, -0.15) is 0 Å². The molecule has 3 rings (SSSR count). The summed E-state index contributed by atoms with van der Waals surface area (Å²) < 4.78 is 28.0. The number of rotatable bonds is 4. The molecular formula is C17H19N3O3S. The van der Waals surface area contributed by atoms with E-state index < -0.39 is 10.0 Å². The Hall–Kier alpha value is -2.54. The van der Waals surface area contributed by atoms with Crippen molar-refractivity contribution in [1.82, 2.24) is 9.97 Å². The summed E-state index contributed by atoms with van der Waals surface area (Å²) in [7, 11) is -3.75. The molecule has 0 saturated heterocycles.